The summed E-state index contributed by atoms with van der Waals surface area (Å²) in [5.41, 5.74) is 0.640. The van der Waals surface area contributed by atoms with Crippen LogP contribution in [0.2, 0.25) is 5.02 Å². The number of hydrogen-bond donors (Lipinski definition) is 1. The Morgan fingerprint density at radius 3 is 2.95 bits per heavy atom. The molecule has 0 aliphatic rings. The molecule has 0 saturated heterocycles. The number of nitro groups is 1. The summed E-state index contributed by atoms with van der Waals surface area (Å²) < 4.78 is 1.84. The number of aromatic nitrogens is 3. The third-order valence-corrected chi connectivity index (χ3v) is 3.12. The van der Waals surface area contributed by atoms with E-state index < -0.39 is 4.92 Å². The van der Waals surface area contributed by atoms with Gasteiger partial charge >= 0.3 is 0 Å². The predicted molar refractivity (Wildman–Crippen MR) is 74.5 cm³/mol. The number of benzene rings is 1. The fourth-order valence-corrected chi connectivity index (χ4v) is 2.03. The fraction of sp³-hybridized carbons (Fsp3) is 0.333. The zero-order valence-corrected chi connectivity index (χ0v) is 11.7. The Bertz CT molecular complexity index is 614. The summed E-state index contributed by atoms with van der Waals surface area (Å²) in [4.78, 5) is 10.5. The lowest BCUT2D eigenvalue weighted by molar-refractivity contribution is -0.385. The van der Waals surface area contributed by atoms with Crippen LogP contribution in [0.4, 0.5) is 5.69 Å². The van der Waals surface area contributed by atoms with Crippen LogP contribution in [0.1, 0.15) is 11.4 Å². The van der Waals surface area contributed by atoms with E-state index >= 15 is 0 Å². The molecule has 1 N–H and O–H groups in total. The van der Waals surface area contributed by atoms with Gasteiger partial charge in [-0.15, -0.1) is 10.2 Å². The summed E-state index contributed by atoms with van der Waals surface area (Å²) in [6.45, 7) is 1.03. The lowest BCUT2D eigenvalue weighted by atomic mass is 10.2. The Morgan fingerprint density at radius 1 is 1.50 bits per heavy atom. The van der Waals surface area contributed by atoms with E-state index in [4.69, 9.17) is 11.6 Å². The average molecular weight is 296 g/mol. The molecule has 1 aromatic carbocycles. The number of rotatable bonds is 6. The molecule has 2 aromatic rings. The van der Waals surface area contributed by atoms with Crippen molar-refractivity contribution >= 4 is 17.3 Å². The van der Waals surface area contributed by atoms with Gasteiger partial charge in [0.15, 0.2) is 0 Å². The predicted octanol–water partition coefficient (Wildman–Crippen LogP) is 1.71. The minimum atomic E-state index is -0.407. The summed E-state index contributed by atoms with van der Waals surface area (Å²) >= 11 is 5.86. The zero-order valence-electron chi connectivity index (χ0n) is 10.9. The molecule has 20 heavy (non-hydrogen) atoms. The lowest BCUT2D eigenvalue weighted by Crippen LogP contribution is -2.18. The molecular formula is C12H14ClN5O2. The Hall–Kier alpha value is -1.99. The molecule has 0 unspecified atom stereocenters. The molecule has 8 heteroatoms. The number of aryl methyl sites for hydroxylation is 1. The van der Waals surface area contributed by atoms with E-state index in [2.05, 4.69) is 15.5 Å². The molecule has 106 valence electrons. The smallest absolute Gasteiger partial charge is 0.273 e. The number of nitrogens with one attached hydrogen (secondary N) is 1. The first kappa shape index (κ1) is 14.4. The molecule has 7 nitrogen and oxygen atoms in total. The highest BCUT2D eigenvalue weighted by atomic mass is 35.5. The topological polar surface area (TPSA) is 85.9 Å². The second-order valence-electron chi connectivity index (χ2n) is 4.31. The van der Waals surface area contributed by atoms with Crippen molar-refractivity contribution in [3.63, 3.8) is 0 Å². The Kier molecular flexibility index (Phi) is 4.65. The van der Waals surface area contributed by atoms with Crippen LogP contribution >= 0.6 is 11.6 Å². The maximum atomic E-state index is 10.9. The largest absolute Gasteiger partial charge is 0.321 e. The highest BCUT2D eigenvalue weighted by molar-refractivity contribution is 6.30. The van der Waals surface area contributed by atoms with Gasteiger partial charge in [-0.1, -0.05) is 11.6 Å². The summed E-state index contributed by atoms with van der Waals surface area (Å²) in [6, 6.07) is 4.54. The van der Waals surface area contributed by atoms with Gasteiger partial charge in [-0.25, -0.2) is 0 Å². The van der Waals surface area contributed by atoms with E-state index in [0.717, 1.165) is 5.82 Å². The van der Waals surface area contributed by atoms with Crippen molar-refractivity contribution < 1.29 is 4.92 Å². The molecule has 1 heterocycles. The van der Waals surface area contributed by atoms with Crippen molar-refractivity contribution in [1.29, 1.82) is 0 Å². The van der Waals surface area contributed by atoms with E-state index in [0.29, 0.717) is 30.1 Å². The first-order chi connectivity index (χ1) is 9.58. The van der Waals surface area contributed by atoms with Gasteiger partial charge in [-0.2, -0.15) is 0 Å². The quantitative estimate of drug-likeness (QED) is 0.498. The van der Waals surface area contributed by atoms with Crippen LogP contribution in [0.3, 0.4) is 0 Å². The van der Waals surface area contributed by atoms with Crippen molar-refractivity contribution in [3.8, 4) is 0 Å². The molecule has 0 spiro atoms. The molecule has 2 rings (SSSR count). The van der Waals surface area contributed by atoms with Gasteiger partial charge in [-0.3, -0.25) is 10.1 Å². The lowest BCUT2D eigenvalue weighted by Gasteiger charge is -2.06. The third-order valence-electron chi connectivity index (χ3n) is 2.88. The number of nitrogens with zero attached hydrogens (tertiary/aromatic N) is 4. The van der Waals surface area contributed by atoms with Gasteiger partial charge in [0, 0.05) is 43.2 Å². The molecule has 0 amide bonds. The average Bonchev–Trinajstić information content (AvgIpc) is 2.80. The summed E-state index contributed by atoms with van der Waals surface area (Å²) in [5, 5.41) is 22.3. The van der Waals surface area contributed by atoms with Crippen molar-refractivity contribution in [3.05, 3.63) is 51.1 Å². The van der Waals surface area contributed by atoms with Crippen molar-refractivity contribution in [2.75, 3.05) is 6.54 Å². The molecule has 0 aliphatic carbocycles. The van der Waals surface area contributed by atoms with Crippen LogP contribution in [0.15, 0.2) is 24.5 Å². The van der Waals surface area contributed by atoms with Gasteiger partial charge in [0.25, 0.3) is 5.69 Å². The maximum absolute atomic E-state index is 10.9. The minimum absolute atomic E-state index is 0.0700. The van der Waals surface area contributed by atoms with Crippen LogP contribution in [-0.2, 0) is 20.0 Å². The highest BCUT2D eigenvalue weighted by Crippen LogP contribution is 2.22. The molecule has 0 saturated carbocycles. The second kappa shape index (κ2) is 6.44. The summed E-state index contributed by atoms with van der Waals surface area (Å²) in [7, 11) is 1.87. The Morgan fingerprint density at radius 2 is 2.30 bits per heavy atom. The number of halogens is 1. The molecule has 0 bridgehead atoms. The molecular weight excluding hydrogens is 282 g/mol. The van der Waals surface area contributed by atoms with Crippen LogP contribution in [0.5, 0.6) is 0 Å². The summed E-state index contributed by atoms with van der Waals surface area (Å²) in [5.74, 6) is 0.859. The normalized spacial score (nSPS) is 10.7. The van der Waals surface area contributed by atoms with Gasteiger partial charge < -0.3 is 9.88 Å². The van der Waals surface area contributed by atoms with E-state index in [9.17, 15) is 10.1 Å². The fourth-order valence-electron chi connectivity index (χ4n) is 1.83. The SMILES string of the molecule is Cn1cnnc1CCNCc1cc(Cl)ccc1[N+](=O)[O-]. The van der Waals surface area contributed by atoms with Gasteiger partial charge in [0.1, 0.15) is 12.2 Å². The molecule has 0 radical (unpaired) electrons. The maximum Gasteiger partial charge on any atom is 0.273 e. The van der Waals surface area contributed by atoms with Crippen molar-refractivity contribution in [2.24, 2.45) is 7.05 Å². The Labute approximate surface area is 120 Å². The second-order valence-corrected chi connectivity index (χ2v) is 4.75. The van der Waals surface area contributed by atoms with Crippen LogP contribution in [0, 0.1) is 10.1 Å². The first-order valence-electron chi connectivity index (χ1n) is 6.04. The summed E-state index contributed by atoms with van der Waals surface area (Å²) in [6.07, 6.45) is 2.34. The number of hydrogen-bond acceptors (Lipinski definition) is 5. The first-order valence-corrected chi connectivity index (χ1v) is 6.42. The van der Waals surface area contributed by atoms with Gasteiger partial charge in [0.05, 0.1) is 4.92 Å². The molecule has 0 aliphatic heterocycles. The van der Waals surface area contributed by atoms with Crippen LogP contribution in [0.25, 0.3) is 0 Å². The third kappa shape index (κ3) is 3.52. The Balaban J connectivity index is 1.92. The van der Waals surface area contributed by atoms with Gasteiger partial charge in [0.2, 0.25) is 0 Å². The van der Waals surface area contributed by atoms with Gasteiger partial charge in [-0.05, 0) is 12.1 Å². The van der Waals surface area contributed by atoms with Crippen molar-refractivity contribution in [1.82, 2.24) is 20.1 Å². The van der Waals surface area contributed by atoms with E-state index in [1.807, 2.05) is 11.6 Å². The highest BCUT2D eigenvalue weighted by Gasteiger charge is 2.13. The standard InChI is InChI=1S/C12H14ClN5O2/c1-17-8-15-16-12(17)4-5-14-7-9-6-10(13)2-3-11(9)18(19)20/h2-3,6,8,14H,4-5,7H2,1H3. The van der Waals surface area contributed by atoms with Crippen LogP contribution in [-0.4, -0.2) is 26.2 Å². The van der Waals surface area contributed by atoms with E-state index in [1.165, 1.54) is 12.1 Å². The van der Waals surface area contributed by atoms with E-state index in [1.54, 1.807) is 12.4 Å². The minimum Gasteiger partial charge on any atom is -0.321 e. The number of nitro benzene ring substituents is 1. The monoisotopic (exact) mass is 295 g/mol. The molecule has 1 aromatic heterocycles. The van der Waals surface area contributed by atoms with E-state index in [-0.39, 0.29) is 5.69 Å². The zero-order chi connectivity index (χ0) is 14.5. The molecule has 0 atom stereocenters. The van der Waals surface area contributed by atoms with Crippen LogP contribution < -0.4 is 5.32 Å². The molecule has 0 fully saturated rings. The van der Waals surface area contributed by atoms with Crippen molar-refractivity contribution in [2.45, 2.75) is 13.0 Å².